The third-order valence-corrected chi connectivity index (χ3v) is 14.4. The van der Waals surface area contributed by atoms with Gasteiger partial charge in [-0.25, -0.2) is 9.24 Å². The van der Waals surface area contributed by atoms with Gasteiger partial charge in [0.25, 0.3) is 0 Å². The molecule has 0 bridgehead atoms. The van der Waals surface area contributed by atoms with Crippen LogP contribution in [0.15, 0.2) is 0 Å². The van der Waals surface area contributed by atoms with E-state index in [1.165, 1.54) is 270 Å². The second-order valence-electron chi connectivity index (χ2n) is 18.4. The maximum absolute atomic E-state index is 12.9. The van der Waals surface area contributed by atoms with Crippen LogP contribution >= 0.6 is 7.75 Å². The maximum Gasteiger partial charge on any atom is 0.405 e. The van der Waals surface area contributed by atoms with Crippen molar-refractivity contribution in [2.45, 2.75) is 316 Å². The first kappa shape index (κ1) is 57.1. The summed E-state index contributed by atoms with van der Waals surface area (Å²) >= 11 is 0. The molecular weight excluding hydrogens is 718 g/mol. The van der Waals surface area contributed by atoms with Gasteiger partial charge in [0.15, 0.2) is 0 Å². The molecule has 0 aliphatic carbocycles. The highest BCUT2D eigenvalue weighted by Gasteiger charge is 2.28. The Morgan fingerprint density at radius 1 is 0.298 bits per heavy atom. The molecule has 57 heavy (non-hydrogen) atoms. The van der Waals surface area contributed by atoms with Gasteiger partial charge < -0.3 is 4.89 Å². The zero-order valence-corrected chi connectivity index (χ0v) is 40.7. The van der Waals surface area contributed by atoms with Gasteiger partial charge in [0.1, 0.15) is 0 Å². The highest BCUT2D eigenvalue weighted by atomic mass is 31.2. The lowest BCUT2D eigenvalue weighted by Crippen LogP contribution is -2.24. The minimum atomic E-state index is -3.67. The van der Waals surface area contributed by atoms with Crippen molar-refractivity contribution in [1.82, 2.24) is 4.67 Å². The van der Waals surface area contributed by atoms with Gasteiger partial charge >= 0.3 is 7.75 Å². The van der Waals surface area contributed by atoms with Crippen molar-refractivity contribution >= 4 is 7.75 Å². The fourth-order valence-corrected chi connectivity index (χ4v) is 10.1. The quantitative estimate of drug-likeness (QED) is 0.0490. The summed E-state index contributed by atoms with van der Waals surface area (Å²) in [6.45, 7) is 8.09. The molecule has 0 heterocycles. The van der Waals surface area contributed by atoms with E-state index in [1.807, 2.05) is 6.92 Å². The molecule has 0 amide bonds. The second-order valence-corrected chi connectivity index (χ2v) is 20.2. The van der Waals surface area contributed by atoms with Crippen molar-refractivity contribution in [2.24, 2.45) is 0 Å². The molecule has 0 spiro atoms. The van der Waals surface area contributed by atoms with Gasteiger partial charge in [-0.1, -0.05) is 296 Å². The Morgan fingerprint density at radius 2 is 0.456 bits per heavy atom. The van der Waals surface area contributed by atoms with E-state index in [-0.39, 0.29) is 0 Å². The summed E-state index contributed by atoms with van der Waals surface area (Å²) in [6.07, 6.45) is 63.8. The standard InChI is InChI=1S/C52H108NO3P/c1-4-7-9-11-13-15-17-19-21-23-25-27-29-31-33-35-37-39-41-43-45-47-49-51-53(57(54,55)56-6-3)52-50-48-46-44-42-40-38-36-34-32-30-28-26-24-22-20-18-16-14-12-10-8-5-2/h4-52H2,1-3H3,(H,54,55). The van der Waals surface area contributed by atoms with Gasteiger partial charge in [0, 0.05) is 13.1 Å². The summed E-state index contributed by atoms with van der Waals surface area (Å²) in [4.78, 5) is 10.6. The van der Waals surface area contributed by atoms with Crippen LogP contribution in [-0.4, -0.2) is 29.3 Å². The van der Waals surface area contributed by atoms with Gasteiger partial charge in [0.2, 0.25) is 0 Å². The molecule has 1 atom stereocenters. The molecule has 1 N–H and O–H groups in total. The van der Waals surface area contributed by atoms with Crippen LogP contribution in [-0.2, 0) is 9.09 Å². The van der Waals surface area contributed by atoms with Crippen LogP contribution in [0.4, 0.5) is 0 Å². The third-order valence-electron chi connectivity index (χ3n) is 12.7. The van der Waals surface area contributed by atoms with E-state index >= 15 is 0 Å². The van der Waals surface area contributed by atoms with E-state index < -0.39 is 7.75 Å². The van der Waals surface area contributed by atoms with Crippen LogP contribution in [0.1, 0.15) is 316 Å². The lowest BCUT2D eigenvalue weighted by atomic mass is 10.0. The monoisotopic (exact) mass is 826 g/mol. The first-order chi connectivity index (χ1) is 28.1. The molecule has 0 rings (SSSR count). The summed E-state index contributed by atoms with van der Waals surface area (Å²) in [6, 6.07) is 0. The average Bonchev–Trinajstić information content (AvgIpc) is 3.20. The first-order valence-electron chi connectivity index (χ1n) is 26.8. The predicted octanol–water partition coefficient (Wildman–Crippen LogP) is 19.4. The Kier molecular flexibility index (Phi) is 48.9. The van der Waals surface area contributed by atoms with Crippen molar-refractivity contribution in [3.8, 4) is 0 Å². The lowest BCUT2D eigenvalue weighted by molar-refractivity contribution is 0.206. The Bertz CT molecular complexity index is 728. The van der Waals surface area contributed by atoms with Crippen LogP contribution in [0.3, 0.4) is 0 Å². The molecule has 0 aromatic heterocycles. The Morgan fingerprint density at radius 3 is 0.614 bits per heavy atom. The molecule has 5 heteroatoms. The molecule has 0 radical (unpaired) electrons. The topological polar surface area (TPSA) is 49.8 Å². The molecule has 0 aromatic rings. The number of nitrogens with zero attached hydrogens (tertiary/aromatic N) is 1. The SMILES string of the molecule is CCCCCCCCCCCCCCCCCCCCCCCCCN(CCCCCCCCCCCCCCCCCCCCCCCCC)P(=O)(O)OCC. The van der Waals surface area contributed by atoms with Crippen molar-refractivity contribution in [1.29, 1.82) is 0 Å². The van der Waals surface area contributed by atoms with Crippen LogP contribution < -0.4 is 0 Å². The molecule has 0 fully saturated rings. The number of hydrogen-bond acceptors (Lipinski definition) is 2. The first-order valence-corrected chi connectivity index (χ1v) is 28.3. The van der Waals surface area contributed by atoms with E-state index in [1.54, 1.807) is 4.67 Å². The van der Waals surface area contributed by atoms with E-state index in [0.29, 0.717) is 19.7 Å². The van der Waals surface area contributed by atoms with E-state index in [2.05, 4.69) is 13.8 Å². The Balaban J connectivity index is 3.57. The van der Waals surface area contributed by atoms with Gasteiger partial charge in [-0.15, -0.1) is 0 Å². The largest absolute Gasteiger partial charge is 0.405 e. The third kappa shape index (κ3) is 45.5. The fraction of sp³-hybridized carbons (Fsp3) is 1.00. The summed E-state index contributed by atoms with van der Waals surface area (Å²) in [5.41, 5.74) is 0. The summed E-state index contributed by atoms with van der Waals surface area (Å²) in [7, 11) is -3.67. The highest BCUT2D eigenvalue weighted by molar-refractivity contribution is 7.50. The smallest absolute Gasteiger partial charge is 0.312 e. The average molecular weight is 826 g/mol. The van der Waals surface area contributed by atoms with Gasteiger partial charge in [-0.2, -0.15) is 0 Å². The van der Waals surface area contributed by atoms with Crippen molar-refractivity contribution < 1.29 is 14.0 Å². The summed E-state index contributed by atoms with van der Waals surface area (Å²) < 4.78 is 20.0. The van der Waals surface area contributed by atoms with Crippen molar-refractivity contribution in [2.75, 3.05) is 19.7 Å². The highest BCUT2D eigenvalue weighted by Crippen LogP contribution is 2.46. The van der Waals surface area contributed by atoms with E-state index in [9.17, 15) is 9.46 Å². The van der Waals surface area contributed by atoms with E-state index in [4.69, 9.17) is 4.52 Å². The zero-order valence-electron chi connectivity index (χ0n) is 39.8. The molecule has 1 unspecified atom stereocenters. The number of hydrogen-bond donors (Lipinski definition) is 1. The molecule has 0 aliphatic heterocycles. The maximum atomic E-state index is 12.9. The zero-order chi connectivity index (χ0) is 41.4. The summed E-state index contributed by atoms with van der Waals surface area (Å²) in [5.74, 6) is 0. The van der Waals surface area contributed by atoms with Gasteiger partial charge in [0.05, 0.1) is 6.61 Å². The minimum absolute atomic E-state index is 0.295. The van der Waals surface area contributed by atoms with Crippen LogP contribution in [0, 0.1) is 0 Å². The molecule has 0 aromatic carbocycles. The van der Waals surface area contributed by atoms with Gasteiger partial charge in [-0.3, -0.25) is 4.52 Å². The Hall–Kier alpha value is 0.110. The predicted molar refractivity (Wildman–Crippen MR) is 257 cm³/mol. The fourth-order valence-electron chi connectivity index (χ4n) is 8.77. The van der Waals surface area contributed by atoms with E-state index in [0.717, 1.165) is 25.7 Å². The van der Waals surface area contributed by atoms with Gasteiger partial charge in [-0.05, 0) is 19.8 Å². The molecule has 0 saturated heterocycles. The molecular formula is C52H108NO3P. The molecule has 4 nitrogen and oxygen atoms in total. The van der Waals surface area contributed by atoms with Crippen molar-refractivity contribution in [3.05, 3.63) is 0 Å². The minimum Gasteiger partial charge on any atom is -0.312 e. The normalized spacial score (nSPS) is 12.9. The summed E-state index contributed by atoms with van der Waals surface area (Å²) in [5, 5.41) is 0. The number of rotatable bonds is 51. The van der Waals surface area contributed by atoms with Crippen molar-refractivity contribution in [3.63, 3.8) is 0 Å². The lowest BCUT2D eigenvalue weighted by Gasteiger charge is -2.26. The van der Waals surface area contributed by atoms with Crippen LogP contribution in [0.25, 0.3) is 0 Å². The molecule has 0 aliphatic rings. The second kappa shape index (κ2) is 48.8. The molecule has 0 saturated carbocycles. The van der Waals surface area contributed by atoms with Crippen LogP contribution in [0.2, 0.25) is 0 Å². The molecule has 344 valence electrons. The van der Waals surface area contributed by atoms with Crippen LogP contribution in [0.5, 0.6) is 0 Å². The number of unbranched alkanes of at least 4 members (excludes halogenated alkanes) is 44. The Labute approximate surface area is 361 Å².